The minimum absolute atomic E-state index is 0.156. The fourth-order valence-corrected chi connectivity index (χ4v) is 2.67. The molecule has 0 aromatic heterocycles. The maximum atomic E-state index is 13.7. The van der Waals surface area contributed by atoms with Gasteiger partial charge in [0, 0.05) is 36.8 Å². The molecule has 3 nitrogen and oxygen atoms in total. The zero-order valence-corrected chi connectivity index (χ0v) is 12.0. The summed E-state index contributed by atoms with van der Waals surface area (Å²) < 4.78 is 32.3. The van der Waals surface area contributed by atoms with Gasteiger partial charge in [-0.3, -0.25) is 4.90 Å². The lowest BCUT2D eigenvalue weighted by molar-refractivity contribution is -0.0575. The molecule has 0 radical (unpaired) electrons. The highest BCUT2D eigenvalue weighted by atomic mass is 19.1. The van der Waals surface area contributed by atoms with Crippen LogP contribution in [-0.4, -0.2) is 36.7 Å². The summed E-state index contributed by atoms with van der Waals surface area (Å²) in [6.45, 7) is 6.13. The third kappa shape index (κ3) is 3.53. The molecule has 5 heteroatoms. The topological polar surface area (TPSA) is 38.5 Å². The second-order valence-corrected chi connectivity index (χ2v) is 5.43. The first-order chi connectivity index (χ1) is 9.51. The minimum atomic E-state index is -0.579. The Morgan fingerprint density at radius 2 is 2.20 bits per heavy atom. The number of hydrogen-bond donors (Lipinski definition) is 1. The number of hydrogen-bond acceptors (Lipinski definition) is 3. The molecule has 0 saturated carbocycles. The average Bonchev–Trinajstić information content (AvgIpc) is 2.38. The number of benzene rings is 1. The van der Waals surface area contributed by atoms with Crippen LogP contribution in [0.4, 0.5) is 8.78 Å². The van der Waals surface area contributed by atoms with Gasteiger partial charge in [-0.05, 0) is 19.4 Å². The number of morpholine rings is 1. The first kappa shape index (κ1) is 15.4. The zero-order chi connectivity index (χ0) is 14.7. The Labute approximate surface area is 118 Å². The second-order valence-electron chi connectivity index (χ2n) is 5.43. The molecule has 112 valence electrons. The molecule has 0 spiro atoms. The molecule has 3 atom stereocenters. The van der Waals surface area contributed by atoms with Gasteiger partial charge in [0.1, 0.15) is 11.6 Å². The molecule has 0 bridgehead atoms. The molecule has 0 aliphatic carbocycles. The molecule has 1 fully saturated rings. The van der Waals surface area contributed by atoms with Crippen molar-refractivity contribution in [2.24, 2.45) is 5.73 Å². The quantitative estimate of drug-likeness (QED) is 0.923. The van der Waals surface area contributed by atoms with Crippen molar-refractivity contribution in [2.75, 3.05) is 19.7 Å². The molecular weight excluding hydrogens is 262 g/mol. The predicted octanol–water partition coefficient (Wildman–Crippen LogP) is 2.46. The third-order valence-corrected chi connectivity index (χ3v) is 3.85. The van der Waals surface area contributed by atoms with E-state index in [0.717, 1.165) is 19.0 Å². The molecule has 20 heavy (non-hydrogen) atoms. The summed E-state index contributed by atoms with van der Waals surface area (Å²) in [7, 11) is 0. The summed E-state index contributed by atoms with van der Waals surface area (Å²) in [5.41, 5.74) is 6.46. The van der Waals surface area contributed by atoms with E-state index in [0.29, 0.717) is 24.8 Å². The van der Waals surface area contributed by atoms with Crippen LogP contribution in [0.1, 0.15) is 31.9 Å². The Morgan fingerprint density at radius 1 is 1.45 bits per heavy atom. The van der Waals surface area contributed by atoms with Gasteiger partial charge in [-0.2, -0.15) is 0 Å². The summed E-state index contributed by atoms with van der Waals surface area (Å²) in [4.78, 5) is 2.24. The summed E-state index contributed by atoms with van der Waals surface area (Å²) >= 11 is 0. The van der Waals surface area contributed by atoms with E-state index in [9.17, 15) is 8.78 Å². The Morgan fingerprint density at radius 3 is 2.85 bits per heavy atom. The van der Waals surface area contributed by atoms with Gasteiger partial charge < -0.3 is 10.5 Å². The van der Waals surface area contributed by atoms with Gasteiger partial charge in [0.15, 0.2) is 0 Å². The maximum absolute atomic E-state index is 13.7. The highest BCUT2D eigenvalue weighted by Gasteiger charge is 2.27. The van der Waals surface area contributed by atoms with Crippen LogP contribution in [0.5, 0.6) is 0 Å². The normalized spacial score (nSPS) is 25.6. The van der Waals surface area contributed by atoms with Gasteiger partial charge in [-0.1, -0.05) is 13.0 Å². The highest BCUT2D eigenvalue weighted by Crippen LogP contribution is 2.21. The van der Waals surface area contributed by atoms with Crippen molar-refractivity contribution in [2.45, 2.75) is 38.5 Å². The van der Waals surface area contributed by atoms with Gasteiger partial charge >= 0.3 is 0 Å². The van der Waals surface area contributed by atoms with Crippen LogP contribution in [0.3, 0.4) is 0 Å². The summed E-state index contributed by atoms with van der Waals surface area (Å²) in [6.07, 6.45) is 1.12. The summed E-state index contributed by atoms with van der Waals surface area (Å²) in [6, 6.07) is 3.40. The second kappa shape index (κ2) is 6.61. The predicted molar refractivity (Wildman–Crippen MR) is 74.4 cm³/mol. The Kier molecular flexibility index (Phi) is 5.07. The number of nitrogens with two attached hydrogens (primary N) is 1. The molecule has 2 rings (SSSR count). The van der Waals surface area contributed by atoms with E-state index in [1.165, 1.54) is 12.1 Å². The molecule has 0 amide bonds. The standard InChI is InChI=1S/C15H22F2N2O/c1-3-12-9-20-10(2)7-19(12)8-15(18)13-5-4-11(16)6-14(13)17/h4-6,10,12,15H,3,7-9,18H2,1-2H3. The van der Waals surface area contributed by atoms with E-state index in [2.05, 4.69) is 11.8 Å². The third-order valence-electron chi connectivity index (χ3n) is 3.85. The fourth-order valence-electron chi connectivity index (χ4n) is 2.67. The molecule has 1 aliphatic rings. The van der Waals surface area contributed by atoms with Crippen molar-refractivity contribution in [3.8, 4) is 0 Å². The number of halogens is 2. The molecule has 2 N–H and O–H groups in total. The van der Waals surface area contributed by atoms with Crippen LogP contribution in [0, 0.1) is 11.6 Å². The SMILES string of the molecule is CCC1COC(C)CN1CC(N)c1ccc(F)cc1F. The average molecular weight is 284 g/mol. The van der Waals surface area contributed by atoms with E-state index >= 15 is 0 Å². The van der Waals surface area contributed by atoms with Crippen LogP contribution in [0.15, 0.2) is 18.2 Å². The van der Waals surface area contributed by atoms with Crippen molar-refractivity contribution in [1.29, 1.82) is 0 Å². The van der Waals surface area contributed by atoms with Crippen molar-refractivity contribution in [3.63, 3.8) is 0 Å². The van der Waals surface area contributed by atoms with Crippen LogP contribution >= 0.6 is 0 Å². The Bertz CT molecular complexity index is 455. The molecule has 1 aromatic carbocycles. The number of nitrogens with zero attached hydrogens (tertiary/aromatic N) is 1. The van der Waals surface area contributed by atoms with Crippen LogP contribution < -0.4 is 5.73 Å². The van der Waals surface area contributed by atoms with E-state index < -0.39 is 17.7 Å². The van der Waals surface area contributed by atoms with Gasteiger partial charge in [-0.15, -0.1) is 0 Å². The molecule has 1 aromatic rings. The molecule has 1 aliphatic heterocycles. The monoisotopic (exact) mass is 284 g/mol. The van der Waals surface area contributed by atoms with Crippen molar-refractivity contribution >= 4 is 0 Å². The largest absolute Gasteiger partial charge is 0.376 e. The van der Waals surface area contributed by atoms with E-state index in [-0.39, 0.29) is 6.10 Å². The Hall–Kier alpha value is -1.04. The fraction of sp³-hybridized carbons (Fsp3) is 0.600. The van der Waals surface area contributed by atoms with E-state index in [4.69, 9.17) is 10.5 Å². The summed E-state index contributed by atoms with van der Waals surface area (Å²) in [5, 5.41) is 0. The van der Waals surface area contributed by atoms with E-state index in [1.807, 2.05) is 6.92 Å². The lowest BCUT2D eigenvalue weighted by Gasteiger charge is -2.39. The van der Waals surface area contributed by atoms with Crippen molar-refractivity contribution in [3.05, 3.63) is 35.4 Å². The van der Waals surface area contributed by atoms with Gasteiger partial charge in [0.05, 0.1) is 12.7 Å². The number of ether oxygens (including phenoxy) is 1. The lowest BCUT2D eigenvalue weighted by Crippen LogP contribution is -2.50. The zero-order valence-electron chi connectivity index (χ0n) is 12.0. The highest BCUT2D eigenvalue weighted by molar-refractivity contribution is 5.22. The molecule has 3 unspecified atom stereocenters. The smallest absolute Gasteiger partial charge is 0.130 e. The van der Waals surface area contributed by atoms with Gasteiger partial charge in [0.25, 0.3) is 0 Å². The van der Waals surface area contributed by atoms with E-state index in [1.54, 1.807) is 0 Å². The van der Waals surface area contributed by atoms with Gasteiger partial charge in [-0.25, -0.2) is 8.78 Å². The first-order valence-electron chi connectivity index (χ1n) is 7.07. The van der Waals surface area contributed by atoms with Crippen LogP contribution in [-0.2, 0) is 4.74 Å². The van der Waals surface area contributed by atoms with Gasteiger partial charge in [0.2, 0.25) is 0 Å². The minimum Gasteiger partial charge on any atom is -0.376 e. The number of rotatable bonds is 4. The lowest BCUT2D eigenvalue weighted by atomic mass is 10.0. The first-order valence-corrected chi connectivity index (χ1v) is 7.07. The molecular formula is C15H22F2N2O. The summed E-state index contributed by atoms with van der Waals surface area (Å²) in [5.74, 6) is -1.16. The maximum Gasteiger partial charge on any atom is 0.130 e. The molecule has 1 saturated heterocycles. The molecule has 1 heterocycles. The van der Waals surface area contributed by atoms with Crippen molar-refractivity contribution < 1.29 is 13.5 Å². The van der Waals surface area contributed by atoms with Crippen LogP contribution in [0.2, 0.25) is 0 Å². The Balaban J connectivity index is 2.07. The van der Waals surface area contributed by atoms with Crippen molar-refractivity contribution in [1.82, 2.24) is 4.90 Å². The van der Waals surface area contributed by atoms with Crippen LogP contribution in [0.25, 0.3) is 0 Å².